The molecule has 0 aliphatic heterocycles. The first-order valence-electron chi connectivity index (χ1n) is 6.91. The Balaban J connectivity index is 2.49. The van der Waals surface area contributed by atoms with E-state index in [0.29, 0.717) is 6.42 Å². The van der Waals surface area contributed by atoms with E-state index in [9.17, 15) is 9.59 Å². The Kier molecular flexibility index (Phi) is 5.43. The molecule has 0 bridgehead atoms. The number of hydrogen-bond acceptors (Lipinski definition) is 3. The monoisotopic (exact) mass is 280 g/mol. The molecule has 0 radical (unpaired) electrons. The third-order valence-electron chi connectivity index (χ3n) is 3.37. The van der Waals surface area contributed by atoms with E-state index in [2.05, 4.69) is 11.2 Å². The number of rotatable bonds is 3. The number of carbonyl (C=O) groups excluding carboxylic acids is 2. The molecule has 112 valence electrons. The summed E-state index contributed by atoms with van der Waals surface area (Å²) >= 11 is 0. The van der Waals surface area contributed by atoms with Gasteiger partial charge in [-0.1, -0.05) is 5.92 Å². The van der Waals surface area contributed by atoms with Crippen molar-refractivity contribution in [3.05, 3.63) is 0 Å². The van der Waals surface area contributed by atoms with Crippen molar-refractivity contribution in [3.63, 3.8) is 0 Å². The lowest BCUT2D eigenvalue weighted by Gasteiger charge is -2.28. The maximum atomic E-state index is 12.0. The van der Waals surface area contributed by atoms with Gasteiger partial charge in [0, 0.05) is 19.0 Å². The van der Waals surface area contributed by atoms with Gasteiger partial charge in [-0.05, 0) is 40.0 Å². The largest absolute Gasteiger partial charge is 0.444 e. The van der Waals surface area contributed by atoms with E-state index in [1.807, 2.05) is 20.8 Å². The van der Waals surface area contributed by atoms with Crippen molar-refractivity contribution in [1.29, 1.82) is 0 Å². The fourth-order valence-electron chi connectivity index (χ4n) is 2.31. The van der Waals surface area contributed by atoms with Crippen LogP contribution in [-0.2, 0) is 9.53 Å². The van der Waals surface area contributed by atoms with Crippen molar-refractivity contribution in [3.8, 4) is 12.3 Å². The van der Waals surface area contributed by atoms with Crippen LogP contribution in [0.15, 0.2) is 0 Å². The number of amides is 2. The number of nitrogens with one attached hydrogen (secondary N) is 1. The van der Waals surface area contributed by atoms with Gasteiger partial charge in [0.05, 0.1) is 6.54 Å². The molecule has 1 aliphatic rings. The first-order chi connectivity index (χ1) is 9.24. The van der Waals surface area contributed by atoms with Crippen molar-refractivity contribution in [2.24, 2.45) is 5.92 Å². The minimum atomic E-state index is -0.506. The molecule has 0 saturated heterocycles. The standard InChI is InChI=1S/C15H24N2O3/c1-6-9-16-13(18)11-7-8-12(10-11)17(5)14(19)20-15(2,3)4/h1,11-12H,7-10H2,2-5H3,(H,16,18). The van der Waals surface area contributed by atoms with Gasteiger partial charge in [0.25, 0.3) is 0 Å². The predicted molar refractivity (Wildman–Crippen MR) is 77.0 cm³/mol. The second-order valence-corrected chi connectivity index (χ2v) is 6.18. The number of hydrogen-bond donors (Lipinski definition) is 1. The molecule has 2 amide bonds. The zero-order chi connectivity index (χ0) is 15.3. The minimum absolute atomic E-state index is 0.0250. The molecule has 0 spiro atoms. The fraction of sp³-hybridized carbons (Fsp3) is 0.733. The average Bonchev–Trinajstić information content (AvgIpc) is 2.82. The van der Waals surface area contributed by atoms with Crippen LogP contribution < -0.4 is 5.32 Å². The molecule has 2 atom stereocenters. The van der Waals surface area contributed by atoms with Crippen molar-refractivity contribution < 1.29 is 14.3 Å². The summed E-state index contributed by atoms with van der Waals surface area (Å²) in [6, 6.07) is 0.0476. The first kappa shape index (κ1) is 16.4. The highest BCUT2D eigenvalue weighted by Crippen LogP contribution is 2.29. The third kappa shape index (κ3) is 4.76. The van der Waals surface area contributed by atoms with Gasteiger partial charge in [-0.25, -0.2) is 4.79 Å². The van der Waals surface area contributed by atoms with E-state index in [1.54, 1.807) is 11.9 Å². The van der Waals surface area contributed by atoms with E-state index in [1.165, 1.54) is 0 Å². The van der Waals surface area contributed by atoms with Crippen LogP contribution >= 0.6 is 0 Å². The van der Waals surface area contributed by atoms with E-state index in [0.717, 1.165) is 12.8 Å². The van der Waals surface area contributed by atoms with Crippen molar-refractivity contribution in [2.45, 2.75) is 51.7 Å². The molecule has 1 aliphatic carbocycles. The van der Waals surface area contributed by atoms with Crippen LogP contribution in [-0.4, -0.2) is 42.1 Å². The third-order valence-corrected chi connectivity index (χ3v) is 3.37. The van der Waals surface area contributed by atoms with Crippen LogP contribution in [0.5, 0.6) is 0 Å². The van der Waals surface area contributed by atoms with E-state index < -0.39 is 5.60 Å². The summed E-state index contributed by atoms with van der Waals surface area (Å²) in [5.74, 6) is 2.29. The highest BCUT2D eigenvalue weighted by molar-refractivity contribution is 5.79. The van der Waals surface area contributed by atoms with E-state index >= 15 is 0 Å². The summed E-state index contributed by atoms with van der Waals surface area (Å²) in [5.41, 5.74) is -0.506. The highest BCUT2D eigenvalue weighted by atomic mass is 16.6. The summed E-state index contributed by atoms with van der Waals surface area (Å²) in [6.07, 6.45) is 7.02. The number of terminal acetylenes is 1. The van der Waals surface area contributed by atoms with Gasteiger partial charge in [-0.15, -0.1) is 6.42 Å². The van der Waals surface area contributed by atoms with Crippen LogP contribution in [0.3, 0.4) is 0 Å². The Labute approximate surface area is 121 Å². The van der Waals surface area contributed by atoms with Gasteiger partial charge in [-0.3, -0.25) is 4.79 Å². The summed E-state index contributed by atoms with van der Waals surface area (Å²) in [5, 5.41) is 2.69. The lowest BCUT2D eigenvalue weighted by molar-refractivity contribution is -0.124. The molecule has 1 N–H and O–H groups in total. The maximum Gasteiger partial charge on any atom is 0.410 e. The summed E-state index contributed by atoms with van der Waals surface area (Å²) in [6.45, 7) is 5.76. The topological polar surface area (TPSA) is 58.6 Å². The van der Waals surface area contributed by atoms with Gasteiger partial charge in [0.2, 0.25) is 5.91 Å². The maximum absolute atomic E-state index is 12.0. The van der Waals surface area contributed by atoms with Crippen LogP contribution in [0.4, 0.5) is 4.79 Å². The van der Waals surface area contributed by atoms with Crippen molar-refractivity contribution in [1.82, 2.24) is 10.2 Å². The van der Waals surface area contributed by atoms with Gasteiger partial charge in [0.15, 0.2) is 0 Å². The second kappa shape index (κ2) is 6.65. The van der Waals surface area contributed by atoms with E-state index in [-0.39, 0.29) is 30.5 Å². The molecule has 0 aromatic carbocycles. The molecular weight excluding hydrogens is 256 g/mol. The Morgan fingerprint density at radius 2 is 2.05 bits per heavy atom. The SMILES string of the molecule is C#CCNC(=O)C1CCC(N(C)C(=O)OC(C)(C)C)C1. The van der Waals surface area contributed by atoms with Crippen LogP contribution in [0.25, 0.3) is 0 Å². The summed E-state index contributed by atoms with van der Waals surface area (Å²) < 4.78 is 5.33. The average molecular weight is 280 g/mol. The van der Waals surface area contributed by atoms with E-state index in [4.69, 9.17) is 11.2 Å². The Morgan fingerprint density at radius 3 is 2.60 bits per heavy atom. The van der Waals surface area contributed by atoms with Crippen molar-refractivity contribution in [2.75, 3.05) is 13.6 Å². The minimum Gasteiger partial charge on any atom is -0.444 e. The highest BCUT2D eigenvalue weighted by Gasteiger charge is 2.34. The van der Waals surface area contributed by atoms with Gasteiger partial charge in [0.1, 0.15) is 5.60 Å². The molecule has 1 fully saturated rings. The molecule has 1 saturated carbocycles. The Bertz CT molecular complexity index is 406. The lowest BCUT2D eigenvalue weighted by atomic mass is 10.1. The number of carbonyl (C=O) groups is 2. The zero-order valence-corrected chi connectivity index (χ0v) is 12.7. The molecule has 5 heteroatoms. The summed E-state index contributed by atoms with van der Waals surface area (Å²) in [7, 11) is 1.72. The lowest BCUT2D eigenvalue weighted by Crippen LogP contribution is -2.40. The number of ether oxygens (including phenoxy) is 1. The fourth-order valence-corrected chi connectivity index (χ4v) is 2.31. The second-order valence-electron chi connectivity index (χ2n) is 6.18. The van der Waals surface area contributed by atoms with Crippen molar-refractivity contribution >= 4 is 12.0 Å². The molecule has 0 aromatic rings. The smallest absolute Gasteiger partial charge is 0.410 e. The molecule has 5 nitrogen and oxygen atoms in total. The van der Waals surface area contributed by atoms with Gasteiger partial charge in [-0.2, -0.15) is 0 Å². The summed E-state index contributed by atoms with van der Waals surface area (Å²) in [4.78, 5) is 25.4. The Hall–Kier alpha value is -1.70. The van der Waals surface area contributed by atoms with Gasteiger partial charge < -0.3 is 15.0 Å². The molecule has 20 heavy (non-hydrogen) atoms. The molecule has 2 unspecified atom stereocenters. The predicted octanol–water partition coefficient (Wildman–Crippen LogP) is 1.77. The first-order valence-corrected chi connectivity index (χ1v) is 6.91. The molecule has 1 rings (SSSR count). The number of nitrogens with zero attached hydrogens (tertiary/aromatic N) is 1. The van der Waals surface area contributed by atoms with Crippen LogP contribution in [0, 0.1) is 18.3 Å². The Morgan fingerprint density at radius 1 is 1.40 bits per heavy atom. The molecule has 0 aromatic heterocycles. The van der Waals surface area contributed by atoms with Crippen LogP contribution in [0.1, 0.15) is 40.0 Å². The quantitative estimate of drug-likeness (QED) is 0.802. The zero-order valence-electron chi connectivity index (χ0n) is 12.7. The molecular formula is C15H24N2O3. The van der Waals surface area contributed by atoms with Gasteiger partial charge >= 0.3 is 6.09 Å². The molecule has 0 heterocycles. The van der Waals surface area contributed by atoms with Crippen LogP contribution in [0.2, 0.25) is 0 Å². The normalized spacial score (nSPS) is 21.9.